The van der Waals surface area contributed by atoms with Crippen molar-refractivity contribution in [2.75, 3.05) is 13.1 Å². The van der Waals surface area contributed by atoms with Crippen LogP contribution in [-0.2, 0) is 10.4 Å². The molecule has 0 bridgehead atoms. The number of piperidine rings is 1. The molecule has 1 amide bonds. The lowest BCUT2D eigenvalue weighted by molar-refractivity contribution is -0.162. The molecule has 2 fully saturated rings. The van der Waals surface area contributed by atoms with Gasteiger partial charge in [0.05, 0.1) is 0 Å². The number of benzene rings is 1. The highest BCUT2D eigenvalue weighted by atomic mass is 19.3. The Balaban J connectivity index is 1.73. The van der Waals surface area contributed by atoms with Crippen LogP contribution in [0.5, 0.6) is 0 Å². The van der Waals surface area contributed by atoms with Crippen LogP contribution in [0.4, 0.5) is 8.78 Å². The second-order valence-corrected chi connectivity index (χ2v) is 8.95. The Morgan fingerprint density at radius 3 is 2.48 bits per heavy atom. The van der Waals surface area contributed by atoms with Gasteiger partial charge in [-0.3, -0.25) is 4.79 Å². The van der Waals surface area contributed by atoms with Crippen LogP contribution in [0.2, 0.25) is 0 Å². The standard InChI is InChI=1S/C23H34F2N2O2/c1-2-6-20(26)15-17-10-13-27(14-11-17)21(28)23(29,18-7-4-3-5-8-18)19-9-12-22(24,25)16-19/h3-5,7-8,17,19-20,29H,2,6,9-16,26H2,1H3. The summed E-state index contributed by atoms with van der Waals surface area (Å²) in [5.41, 5.74) is 4.69. The van der Waals surface area contributed by atoms with E-state index in [9.17, 15) is 18.7 Å². The fourth-order valence-corrected chi connectivity index (χ4v) is 5.06. The maximum absolute atomic E-state index is 13.9. The molecule has 0 spiro atoms. The number of amides is 1. The molecule has 2 aliphatic rings. The van der Waals surface area contributed by atoms with E-state index in [1.807, 2.05) is 0 Å². The van der Waals surface area contributed by atoms with Gasteiger partial charge < -0.3 is 15.7 Å². The van der Waals surface area contributed by atoms with Crippen LogP contribution in [0.3, 0.4) is 0 Å². The van der Waals surface area contributed by atoms with Gasteiger partial charge in [-0.05, 0) is 43.6 Å². The minimum Gasteiger partial charge on any atom is -0.375 e. The predicted molar refractivity (Wildman–Crippen MR) is 109 cm³/mol. The van der Waals surface area contributed by atoms with Crippen molar-refractivity contribution in [3.05, 3.63) is 35.9 Å². The number of nitrogens with two attached hydrogens (primary N) is 1. The molecule has 6 heteroatoms. The number of alkyl halides is 2. The molecule has 1 saturated carbocycles. The summed E-state index contributed by atoms with van der Waals surface area (Å²) in [5, 5.41) is 11.6. The van der Waals surface area contributed by atoms with Gasteiger partial charge in [0, 0.05) is 37.9 Å². The van der Waals surface area contributed by atoms with Crippen molar-refractivity contribution in [2.24, 2.45) is 17.6 Å². The van der Waals surface area contributed by atoms with Crippen molar-refractivity contribution >= 4 is 5.91 Å². The van der Waals surface area contributed by atoms with Gasteiger partial charge in [-0.1, -0.05) is 43.7 Å². The third-order valence-electron chi connectivity index (χ3n) is 6.73. The van der Waals surface area contributed by atoms with Crippen molar-refractivity contribution in [3.63, 3.8) is 0 Å². The molecule has 0 aromatic heterocycles. The van der Waals surface area contributed by atoms with E-state index >= 15 is 0 Å². The van der Waals surface area contributed by atoms with E-state index in [4.69, 9.17) is 5.73 Å². The molecule has 1 heterocycles. The van der Waals surface area contributed by atoms with E-state index in [1.165, 1.54) is 0 Å². The number of carbonyl (C=O) groups is 1. The van der Waals surface area contributed by atoms with Crippen LogP contribution in [0.1, 0.15) is 63.9 Å². The number of aliphatic hydroxyl groups is 1. The Bertz CT molecular complexity index is 677. The van der Waals surface area contributed by atoms with E-state index in [-0.39, 0.29) is 18.9 Å². The van der Waals surface area contributed by atoms with Crippen LogP contribution in [-0.4, -0.2) is 41.0 Å². The largest absolute Gasteiger partial charge is 0.375 e. The van der Waals surface area contributed by atoms with E-state index in [1.54, 1.807) is 35.2 Å². The van der Waals surface area contributed by atoms with Crippen LogP contribution in [0, 0.1) is 11.8 Å². The molecule has 4 nitrogen and oxygen atoms in total. The second kappa shape index (κ2) is 9.09. The molecule has 3 atom stereocenters. The summed E-state index contributed by atoms with van der Waals surface area (Å²) in [4.78, 5) is 15.1. The van der Waals surface area contributed by atoms with Gasteiger partial charge in [0.1, 0.15) is 0 Å². The highest BCUT2D eigenvalue weighted by Crippen LogP contribution is 2.48. The molecule has 3 N–H and O–H groups in total. The average Bonchev–Trinajstić information content (AvgIpc) is 3.08. The summed E-state index contributed by atoms with van der Waals surface area (Å²) in [6.45, 7) is 3.21. The highest BCUT2D eigenvalue weighted by molar-refractivity contribution is 5.87. The molecule has 0 radical (unpaired) electrons. The number of nitrogens with zero attached hydrogens (tertiary/aromatic N) is 1. The monoisotopic (exact) mass is 408 g/mol. The SMILES string of the molecule is CCCC(N)CC1CCN(C(=O)C(O)(c2ccccc2)C2CCC(F)(F)C2)CC1. The average molecular weight is 409 g/mol. The zero-order valence-electron chi connectivity index (χ0n) is 17.3. The summed E-state index contributed by atoms with van der Waals surface area (Å²) in [6, 6.07) is 8.80. The number of hydrogen-bond acceptors (Lipinski definition) is 3. The zero-order chi connectivity index (χ0) is 21.1. The number of rotatable bonds is 7. The Hall–Kier alpha value is -1.53. The van der Waals surface area contributed by atoms with Crippen LogP contribution in [0.15, 0.2) is 30.3 Å². The van der Waals surface area contributed by atoms with Gasteiger partial charge in [-0.25, -0.2) is 8.78 Å². The van der Waals surface area contributed by atoms with Crippen molar-refractivity contribution in [2.45, 2.75) is 75.9 Å². The first-order valence-corrected chi connectivity index (χ1v) is 11.0. The molecule has 1 aliphatic carbocycles. The summed E-state index contributed by atoms with van der Waals surface area (Å²) in [5.74, 6) is -3.55. The quantitative estimate of drug-likeness (QED) is 0.715. The normalized spacial score (nSPS) is 25.6. The lowest BCUT2D eigenvalue weighted by Crippen LogP contribution is -2.53. The third-order valence-corrected chi connectivity index (χ3v) is 6.73. The third kappa shape index (κ3) is 4.97. The van der Waals surface area contributed by atoms with Crippen molar-refractivity contribution < 1.29 is 18.7 Å². The lowest BCUT2D eigenvalue weighted by Gasteiger charge is -2.41. The fourth-order valence-electron chi connectivity index (χ4n) is 5.06. The molecule has 1 aliphatic heterocycles. The van der Waals surface area contributed by atoms with Crippen molar-refractivity contribution in [1.29, 1.82) is 0 Å². The fraction of sp³-hybridized carbons (Fsp3) is 0.696. The minimum atomic E-state index is -2.82. The van der Waals surface area contributed by atoms with Gasteiger partial charge in [-0.15, -0.1) is 0 Å². The lowest BCUT2D eigenvalue weighted by atomic mass is 9.78. The van der Waals surface area contributed by atoms with Gasteiger partial charge in [-0.2, -0.15) is 0 Å². The van der Waals surface area contributed by atoms with Gasteiger partial charge in [0.2, 0.25) is 5.92 Å². The van der Waals surface area contributed by atoms with Crippen molar-refractivity contribution in [1.82, 2.24) is 4.90 Å². The maximum atomic E-state index is 13.9. The maximum Gasteiger partial charge on any atom is 0.259 e. The smallest absolute Gasteiger partial charge is 0.259 e. The van der Waals surface area contributed by atoms with E-state index < -0.39 is 29.8 Å². The summed E-state index contributed by atoms with van der Waals surface area (Å²) in [6.07, 6.45) is 4.12. The number of carbonyl (C=O) groups excluding carboxylic acids is 1. The molecule has 1 aromatic rings. The first-order valence-electron chi connectivity index (χ1n) is 11.0. The molecule has 3 unspecified atom stereocenters. The summed E-state index contributed by atoms with van der Waals surface area (Å²) in [7, 11) is 0. The number of halogens is 2. The first-order chi connectivity index (χ1) is 13.8. The van der Waals surface area contributed by atoms with Crippen LogP contribution >= 0.6 is 0 Å². The first kappa shape index (κ1) is 22.2. The van der Waals surface area contributed by atoms with E-state index in [0.29, 0.717) is 24.6 Å². The molecule has 3 rings (SSSR count). The molecular weight excluding hydrogens is 374 g/mol. The Morgan fingerprint density at radius 1 is 1.28 bits per heavy atom. The van der Waals surface area contributed by atoms with Crippen LogP contribution < -0.4 is 5.73 Å². The summed E-state index contributed by atoms with van der Waals surface area (Å²) < 4.78 is 27.9. The Morgan fingerprint density at radius 2 is 1.93 bits per heavy atom. The van der Waals surface area contributed by atoms with Gasteiger partial charge in [0.15, 0.2) is 5.60 Å². The topological polar surface area (TPSA) is 66.6 Å². The van der Waals surface area contributed by atoms with Gasteiger partial charge in [0.25, 0.3) is 5.91 Å². The van der Waals surface area contributed by atoms with E-state index in [0.717, 1.165) is 32.1 Å². The molecule has 29 heavy (non-hydrogen) atoms. The van der Waals surface area contributed by atoms with Crippen molar-refractivity contribution in [3.8, 4) is 0 Å². The van der Waals surface area contributed by atoms with Gasteiger partial charge >= 0.3 is 0 Å². The summed E-state index contributed by atoms with van der Waals surface area (Å²) >= 11 is 0. The zero-order valence-corrected chi connectivity index (χ0v) is 17.3. The molecule has 1 saturated heterocycles. The Labute approximate surface area is 172 Å². The number of hydrogen-bond donors (Lipinski definition) is 2. The molecular formula is C23H34F2N2O2. The predicted octanol–water partition coefficient (Wildman–Crippen LogP) is 4.07. The molecule has 162 valence electrons. The van der Waals surface area contributed by atoms with Crippen LogP contribution in [0.25, 0.3) is 0 Å². The minimum absolute atomic E-state index is 0.145. The van der Waals surface area contributed by atoms with E-state index in [2.05, 4.69) is 6.92 Å². The number of likely N-dealkylation sites (tertiary alicyclic amines) is 1. The highest BCUT2D eigenvalue weighted by Gasteiger charge is 2.54. The Kier molecular flexibility index (Phi) is 6.94. The molecule has 1 aromatic carbocycles. The second-order valence-electron chi connectivity index (χ2n) is 8.95.